The van der Waals surface area contributed by atoms with Crippen molar-refractivity contribution in [2.24, 2.45) is 0 Å². The maximum Gasteiger partial charge on any atom is 0.263 e. The first kappa shape index (κ1) is 14.6. The topological polar surface area (TPSA) is 76.9 Å². The lowest BCUT2D eigenvalue weighted by molar-refractivity contribution is 0.601. The van der Waals surface area contributed by atoms with Crippen LogP contribution < -0.4 is 4.72 Å². The van der Waals surface area contributed by atoms with E-state index in [4.69, 9.17) is 11.6 Å². The van der Waals surface area contributed by atoms with Crippen molar-refractivity contribution in [2.75, 3.05) is 4.72 Å². The Morgan fingerprint density at radius 2 is 1.77 bits per heavy atom. The van der Waals surface area contributed by atoms with Crippen LogP contribution in [0.1, 0.15) is 0 Å². The first-order valence-electron chi connectivity index (χ1n) is 6.29. The number of hydrogen-bond donors (Lipinski definition) is 1. The van der Waals surface area contributed by atoms with Gasteiger partial charge >= 0.3 is 0 Å². The van der Waals surface area contributed by atoms with Crippen molar-refractivity contribution in [1.29, 1.82) is 0 Å². The molecule has 0 aliphatic heterocycles. The summed E-state index contributed by atoms with van der Waals surface area (Å²) in [4.78, 5) is 3.88. The third-order valence-corrected chi connectivity index (χ3v) is 4.81. The second-order valence-corrected chi connectivity index (χ2v) is 6.45. The Kier molecular flexibility index (Phi) is 3.82. The Morgan fingerprint density at radius 3 is 2.50 bits per heavy atom. The monoisotopic (exact) mass is 334 g/mol. The molecule has 22 heavy (non-hydrogen) atoms. The molecule has 3 aromatic rings. The summed E-state index contributed by atoms with van der Waals surface area (Å²) in [7, 11) is -3.80. The molecule has 0 atom stereocenters. The van der Waals surface area contributed by atoms with E-state index in [2.05, 4.69) is 14.8 Å². The number of sulfonamides is 1. The van der Waals surface area contributed by atoms with Crippen LogP contribution in [0.25, 0.3) is 5.69 Å². The molecule has 2 aromatic carbocycles. The van der Waals surface area contributed by atoms with Gasteiger partial charge in [0.05, 0.1) is 16.4 Å². The molecule has 0 aliphatic rings. The molecular weight excluding hydrogens is 324 g/mol. The van der Waals surface area contributed by atoms with Gasteiger partial charge < -0.3 is 0 Å². The van der Waals surface area contributed by atoms with Gasteiger partial charge in [-0.2, -0.15) is 5.10 Å². The van der Waals surface area contributed by atoms with Crippen LogP contribution in [0.2, 0.25) is 5.02 Å². The average molecular weight is 335 g/mol. The van der Waals surface area contributed by atoms with E-state index in [0.717, 1.165) is 0 Å². The summed E-state index contributed by atoms with van der Waals surface area (Å²) in [6.45, 7) is 0. The largest absolute Gasteiger partial charge is 0.277 e. The van der Waals surface area contributed by atoms with Gasteiger partial charge in [0.15, 0.2) is 0 Å². The third kappa shape index (κ3) is 2.81. The summed E-state index contributed by atoms with van der Waals surface area (Å²) in [6, 6.07) is 13.1. The molecule has 1 N–H and O–H groups in total. The highest BCUT2D eigenvalue weighted by atomic mass is 35.5. The second-order valence-electron chi connectivity index (χ2n) is 4.39. The molecule has 112 valence electrons. The number of aromatic nitrogens is 3. The van der Waals surface area contributed by atoms with Crippen molar-refractivity contribution in [3.05, 3.63) is 66.2 Å². The predicted octanol–water partition coefficient (Wildman–Crippen LogP) is 2.72. The number of para-hydroxylation sites is 2. The maximum atomic E-state index is 12.5. The smallest absolute Gasteiger partial charge is 0.263 e. The van der Waals surface area contributed by atoms with Crippen LogP contribution in [0.15, 0.2) is 66.1 Å². The first-order valence-corrected chi connectivity index (χ1v) is 8.15. The van der Waals surface area contributed by atoms with Crippen molar-refractivity contribution in [3.8, 4) is 5.69 Å². The fourth-order valence-corrected chi connectivity index (χ4v) is 3.55. The Morgan fingerprint density at radius 1 is 1.05 bits per heavy atom. The molecule has 0 amide bonds. The van der Waals surface area contributed by atoms with Crippen molar-refractivity contribution in [2.45, 2.75) is 4.90 Å². The number of rotatable bonds is 4. The first-order chi connectivity index (χ1) is 10.6. The molecule has 0 bridgehead atoms. The molecule has 0 spiro atoms. The van der Waals surface area contributed by atoms with Crippen LogP contribution in [0, 0.1) is 0 Å². The van der Waals surface area contributed by atoms with Crippen LogP contribution in [0.5, 0.6) is 0 Å². The van der Waals surface area contributed by atoms with E-state index in [-0.39, 0.29) is 9.92 Å². The molecule has 8 heteroatoms. The van der Waals surface area contributed by atoms with Crippen LogP contribution in [-0.2, 0) is 10.0 Å². The van der Waals surface area contributed by atoms with Gasteiger partial charge in [-0.15, -0.1) is 0 Å². The lowest BCUT2D eigenvalue weighted by Gasteiger charge is -2.12. The zero-order chi connectivity index (χ0) is 15.6. The standard InChI is InChI=1S/C14H11ClN4O2S/c15-11-5-1-4-8-14(11)22(20,21)18-12-6-2-3-7-13(12)19-10-16-9-17-19/h1-10,18H. The van der Waals surface area contributed by atoms with Crippen molar-refractivity contribution < 1.29 is 8.42 Å². The minimum absolute atomic E-state index is 0.0186. The summed E-state index contributed by atoms with van der Waals surface area (Å²) in [6.07, 6.45) is 2.86. The van der Waals surface area contributed by atoms with Crippen molar-refractivity contribution in [3.63, 3.8) is 0 Å². The number of hydrogen-bond acceptors (Lipinski definition) is 4. The van der Waals surface area contributed by atoms with E-state index in [1.54, 1.807) is 36.4 Å². The highest BCUT2D eigenvalue weighted by Crippen LogP contribution is 2.26. The number of nitrogens with zero attached hydrogens (tertiary/aromatic N) is 3. The van der Waals surface area contributed by atoms with Gasteiger partial charge in [-0.25, -0.2) is 18.1 Å². The van der Waals surface area contributed by atoms with E-state index in [1.807, 2.05) is 0 Å². The van der Waals surface area contributed by atoms with Crippen LogP contribution >= 0.6 is 11.6 Å². The SMILES string of the molecule is O=S(=O)(Nc1ccccc1-n1cncn1)c1ccccc1Cl. The normalized spacial score (nSPS) is 11.3. The van der Waals surface area contributed by atoms with Crippen LogP contribution in [0.3, 0.4) is 0 Å². The molecule has 0 fully saturated rings. The fourth-order valence-electron chi connectivity index (χ4n) is 1.95. The maximum absolute atomic E-state index is 12.5. The van der Waals surface area contributed by atoms with Gasteiger partial charge in [0.1, 0.15) is 17.6 Å². The van der Waals surface area contributed by atoms with E-state index in [1.165, 1.54) is 29.5 Å². The van der Waals surface area contributed by atoms with Gasteiger partial charge in [0.25, 0.3) is 10.0 Å². The molecule has 3 rings (SSSR count). The Hall–Kier alpha value is -2.38. The number of halogens is 1. The zero-order valence-corrected chi connectivity index (χ0v) is 12.8. The molecular formula is C14H11ClN4O2S. The Labute approximate surface area is 132 Å². The van der Waals surface area contributed by atoms with Gasteiger partial charge in [0, 0.05) is 0 Å². The highest BCUT2D eigenvalue weighted by Gasteiger charge is 2.19. The number of anilines is 1. The van der Waals surface area contributed by atoms with Crippen molar-refractivity contribution >= 4 is 27.3 Å². The van der Waals surface area contributed by atoms with Gasteiger partial charge in [0.2, 0.25) is 0 Å². The molecule has 0 aliphatic carbocycles. The quantitative estimate of drug-likeness (QED) is 0.795. The summed E-state index contributed by atoms with van der Waals surface area (Å²) >= 11 is 5.97. The van der Waals surface area contributed by atoms with E-state index in [9.17, 15) is 8.42 Å². The number of nitrogens with one attached hydrogen (secondary N) is 1. The molecule has 0 saturated carbocycles. The summed E-state index contributed by atoms with van der Waals surface area (Å²) in [5.74, 6) is 0. The predicted molar refractivity (Wildman–Crippen MR) is 83.6 cm³/mol. The molecule has 1 aromatic heterocycles. The van der Waals surface area contributed by atoms with E-state index < -0.39 is 10.0 Å². The number of benzene rings is 2. The minimum atomic E-state index is -3.80. The van der Waals surface area contributed by atoms with E-state index in [0.29, 0.717) is 11.4 Å². The van der Waals surface area contributed by atoms with Gasteiger partial charge in [-0.1, -0.05) is 35.9 Å². The molecule has 6 nitrogen and oxygen atoms in total. The van der Waals surface area contributed by atoms with Crippen LogP contribution in [0.4, 0.5) is 5.69 Å². The van der Waals surface area contributed by atoms with Crippen molar-refractivity contribution in [1.82, 2.24) is 14.8 Å². The zero-order valence-electron chi connectivity index (χ0n) is 11.2. The molecule has 0 unspecified atom stereocenters. The molecule has 0 saturated heterocycles. The average Bonchev–Trinajstić information content (AvgIpc) is 3.02. The Bertz CT molecular complexity index is 895. The highest BCUT2D eigenvalue weighted by molar-refractivity contribution is 7.92. The summed E-state index contributed by atoms with van der Waals surface area (Å²) in [5, 5.41) is 4.17. The summed E-state index contributed by atoms with van der Waals surface area (Å²) in [5.41, 5.74) is 0.948. The van der Waals surface area contributed by atoms with Gasteiger partial charge in [-0.3, -0.25) is 4.72 Å². The Balaban J connectivity index is 2.03. The molecule has 1 heterocycles. The lowest BCUT2D eigenvalue weighted by Crippen LogP contribution is -2.15. The van der Waals surface area contributed by atoms with Gasteiger partial charge in [-0.05, 0) is 24.3 Å². The minimum Gasteiger partial charge on any atom is -0.277 e. The fraction of sp³-hybridized carbons (Fsp3) is 0. The molecule has 0 radical (unpaired) electrons. The second kappa shape index (κ2) is 5.78. The third-order valence-electron chi connectivity index (χ3n) is 2.94. The van der Waals surface area contributed by atoms with Crippen LogP contribution in [-0.4, -0.2) is 23.2 Å². The van der Waals surface area contributed by atoms with E-state index >= 15 is 0 Å². The lowest BCUT2D eigenvalue weighted by atomic mass is 10.3. The summed E-state index contributed by atoms with van der Waals surface area (Å²) < 4.78 is 29.0.